The van der Waals surface area contributed by atoms with Crippen molar-refractivity contribution in [2.75, 3.05) is 19.7 Å². The first-order valence-corrected chi connectivity index (χ1v) is 12.7. The van der Waals surface area contributed by atoms with Crippen LogP contribution in [-0.2, 0) is 17.1 Å². The number of hydrogen-bond donors (Lipinski definition) is 1. The number of ether oxygens (including phenoxy) is 1. The van der Waals surface area contributed by atoms with Crippen LogP contribution in [-0.4, -0.2) is 35.7 Å². The topological polar surface area (TPSA) is 49.8 Å². The minimum atomic E-state index is -4.77. The molecule has 208 valence electrons. The molecule has 1 saturated heterocycles. The van der Waals surface area contributed by atoms with Crippen LogP contribution in [0.2, 0.25) is 0 Å². The van der Waals surface area contributed by atoms with Gasteiger partial charge < -0.3 is 9.84 Å². The van der Waals surface area contributed by atoms with Gasteiger partial charge in [-0.05, 0) is 86.0 Å². The largest absolute Gasteiger partial charge is 0.493 e. The average molecular weight is 544 g/mol. The number of likely N-dealkylation sites (tertiary alicyclic amines) is 1. The highest BCUT2D eigenvalue weighted by Crippen LogP contribution is 2.47. The van der Waals surface area contributed by atoms with E-state index in [0.717, 1.165) is 18.4 Å². The van der Waals surface area contributed by atoms with Gasteiger partial charge in [0.2, 0.25) is 0 Å². The fourth-order valence-electron chi connectivity index (χ4n) is 5.49. The van der Waals surface area contributed by atoms with Crippen molar-refractivity contribution in [2.45, 2.75) is 57.4 Å². The van der Waals surface area contributed by atoms with E-state index in [4.69, 9.17) is 4.74 Å². The molecule has 2 aromatic carbocycles. The minimum absolute atomic E-state index is 0.0154. The molecule has 1 aliphatic heterocycles. The normalized spacial score (nSPS) is 21.2. The molecule has 4 rings (SSSR count). The number of halogens is 6. The molecule has 2 fully saturated rings. The van der Waals surface area contributed by atoms with Crippen molar-refractivity contribution in [1.29, 1.82) is 0 Å². The molecule has 4 nitrogen and oxygen atoms in total. The summed E-state index contributed by atoms with van der Waals surface area (Å²) in [5, 5.41) is 9.52. The smallest absolute Gasteiger partial charge is 0.416 e. The van der Waals surface area contributed by atoms with E-state index in [-0.39, 0.29) is 17.4 Å². The predicted octanol–water partition coefficient (Wildman–Crippen LogP) is 7.40. The highest BCUT2D eigenvalue weighted by atomic mass is 19.4. The predicted molar refractivity (Wildman–Crippen MR) is 129 cm³/mol. The Morgan fingerprint density at radius 3 is 2.34 bits per heavy atom. The molecule has 10 heteroatoms. The Labute approximate surface area is 217 Å². The molecule has 0 spiro atoms. The average Bonchev–Trinajstić information content (AvgIpc) is 3.56. The summed E-state index contributed by atoms with van der Waals surface area (Å²) in [4.78, 5) is 13.4. The molecular weight excluding hydrogens is 512 g/mol. The van der Waals surface area contributed by atoms with Crippen LogP contribution in [0.25, 0.3) is 0 Å². The molecule has 1 heterocycles. The lowest BCUT2D eigenvalue weighted by Gasteiger charge is -2.28. The van der Waals surface area contributed by atoms with Crippen molar-refractivity contribution >= 4 is 5.97 Å². The highest BCUT2D eigenvalue weighted by Gasteiger charge is 2.40. The van der Waals surface area contributed by atoms with Crippen molar-refractivity contribution in [3.8, 4) is 5.75 Å². The van der Waals surface area contributed by atoms with Gasteiger partial charge in [-0.1, -0.05) is 19.1 Å². The third-order valence-corrected chi connectivity index (χ3v) is 7.79. The van der Waals surface area contributed by atoms with Gasteiger partial charge in [0, 0.05) is 18.5 Å². The number of carboxylic acids is 1. The maximum Gasteiger partial charge on any atom is 0.416 e. The van der Waals surface area contributed by atoms with Gasteiger partial charge in [0.25, 0.3) is 0 Å². The molecule has 38 heavy (non-hydrogen) atoms. The van der Waals surface area contributed by atoms with Crippen LogP contribution >= 0.6 is 0 Å². The highest BCUT2D eigenvalue weighted by molar-refractivity contribution is 5.71. The number of carbonyl (C=O) groups is 1. The third kappa shape index (κ3) is 6.45. The lowest BCUT2D eigenvalue weighted by molar-refractivity contribution is -0.142. The Morgan fingerprint density at radius 2 is 1.74 bits per heavy atom. The standard InChI is InChI=1S/C28H31F6NO3/c1-16(26(36)37)25(19-6-7-19)20-4-3-5-22(12-20)38-15-18-10-11-35(14-18)17(2)23-13-21(27(29,30)31)8-9-24(23)28(32,33)34/h3-5,8-9,12-13,16-19,25H,6-7,10-11,14-15H2,1-2H3,(H,36,37)/t16-,17+,18?,25-/m0/s1. The number of benzene rings is 2. The summed E-state index contributed by atoms with van der Waals surface area (Å²) in [6.45, 7) is 4.32. The molecular formula is C28H31F6NO3. The van der Waals surface area contributed by atoms with E-state index in [1.807, 2.05) is 18.2 Å². The van der Waals surface area contributed by atoms with E-state index >= 15 is 0 Å². The molecule has 0 bridgehead atoms. The maximum absolute atomic E-state index is 13.6. The molecule has 0 radical (unpaired) electrons. The molecule has 0 aromatic heterocycles. The van der Waals surface area contributed by atoms with E-state index in [0.29, 0.717) is 56.0 Å². The summed E-state index contributed by atoms with van der Waals surface area (Å²) in [5.74, 6) is -0.566. The van der Waals surface area contributed by atoms with Gasteiger partial charge in [-0.15, -0.1) is 0 Å². The van der Waals surface area contributed by atoms with E-state index in [2.05, 4.69) is 0 Å². The zero-order valence-corrected chi connectivity index (χ0v) is 21.1. The van der Waals surface area contributed by atoms with Crippen LogP contribution in [0.15, 0.2) is 42.5 Å². The molecule has 4 atom stereocenters. The quantitative estimate of drug-likeness (QED) is 0.335. The number of hydrogen-bond acceptors (Lipinski definition) is 3. The Morgan fingerprint density at radius 1 is 1.03 bits per heavy atom. The second-order valence-electron chi connectivity index (χ2n) is 10.5. The first-order chi connectivity index (χ1) is 17.8. The Kier molecular flexibility index (Phi) is 8.02. The van der Waals surface area contributed by atoms with Gasteiger partial charge in [0.1, 0.15) is 5.75 Å². The van der Waals surface area contributed by atoms with Crippen LogP contribution in [0.4, 0.5) is 26.3 Å². The second-order valence-corrected chi connectivity index (χ2v) is 10.5. The van der Waals surface area contributed by atoms with Gasteiger partial charge >= 0.3 is 18.3 Å². The molecule has 1 saturated carbocycles. The number of rotatable bonds is 9. The van der Waals surface area contributed by atoms with Gasteiger partial charge in [0.05, 0.1) is 23.7 Å². The molecule has 1 aliphatic carbocycles. The van der Waals surface area contributed by atoms with Crippen LogP contribution < -0.4 is 4.74 Å². The van der Waals surface area contributed by atoms with Crippen LogP contribution in [0.5, 0.6) is 5.75 Å². The first kappa shape index (κ1) is 28.3. The lowest BCUT2D eigenvalue weighted by Crippen LogP contribution is -2.28. The van der Waals surface area contributed by atoms with Crippen LogP contribution in [0, 0.1) is 17.8 Å². The zero-order valence-electron chi connectivity index (χ0n) is 21.1. The van der Waals surface area contributed by atoms with Crippen molar-refractivity contribution in [3.05, 3.63) is 64.7 Å². The SMILES string of the molecule is C[C@H](C(=O)O)[C@H](c1cccc(OCC2CCN([C@H](C)c3cc(C(F)(F)F)ccc3C(F)(F)F)C2)c1)C1CC1. The Balaban J connectivity index is 1.43. The Hall–Kier alpha value is -2.75. The summed E-state index contributed by atoms with van der Waals surface area (Å²) in [5.41, 5.74) is -1.64. The molecule has 2 aromatic rings. The monoisotopic (exact) mass is 543 g/mol. The minimum Gasteiger partial charge on any atom is -0.493 e. The molecule has 0 amide bonds. The van der Waals surface area contributed by atoms with Crippen molar-refractivity contribution in [3.63, 3.8) is 0 Å². The van der Waals surface area contributed by atoms with Crippen molar-refractivity contribution in [2.24, 2.45) is 17.8 Å². The molecule has 1 N–H and O–H groups in total. The summed E-state index contributed by atoms with van der Waals surface area (Å²) in [7, 11) is 0. The number of nitrogens with zero attached hydrogens (tertiary/aromatic N) is 1. The Bertz CT molecular complexity index is 1140. The van der Waals surface area contributed by atoms with Crippen LogP contribution in [0.1, 0.15) is 67.3 Å². The first-order valence-electron chi connectivity index (χ1n) is 12.7. The third-order valence-electron chi connectivity index (χ3n) is 7.79. The number of aliphatic carboxylic acids is 1. The van der Waals surface area contributed by atoms with Crippen molar-refractivity contribution < 1.29 is 41.0 Å². The summed E-state index contributed by atoms with van der Waals surface area (Å²) >= 11 is 0. The van der Waals surface area contributed by atoms with E-state index in [1.54, 1.807) is 17.9 Å². The fourth-order valence-corrected chi connectivity index (χ4v) is 5.49. The van der Waals surface area contributed by atoms with E-state index in [1.165, 1.54) is 6.92 Å². The number of alkyl halides is 6. The zero-order chi connectivity index (χ0) is 27.8. The maximum atomic E-state index is 13.6. The van der Waals surface area contributed by atoms with Crippen LogP contribution in [0.3, 0.4) is 0 Å². The van der Waals surface area contributed by atoms with E-state index in [9.17, 15) is 36.2 Å². The van der Waals surface area contributed by atoms with Crippen molar-refractivity contribution in [1.82, 2.24) is 4.90 Å². The molecule has 2 aliphatic rings. The lowest BCUT2D eigenvalue weighted by atomic mass is 9.83. The fraction of sp³-hybridized carbons (Fsp3) is 0.536. The molecule has 1 unspecified atom stereocenters. The van der Waals surface area contributed by atoms with Gasteiger partial charge in [-0.3, -0.25) is 9.69 Å². The summed E-state index contributed by atoms with van der Waals surface area (Å²) in [6, 6.07) is 8.10. The number of carboxylic acid groups (broad SMARTS) is 1. The van der Waals surface area contributed by atoms with Gasteiger partial charge in [-0.2, -0.15) is 26.3 Å². The summed E-state index contributed by atoms with van der Waals surface area (Å²) in [6.07, 6.45) is -6.89. The summed E-state index contributed by atoms with van der Waals surface area (Å²) < 4.78 is 86.5. The second kappa shape index (κ2) is 10.8. The van der Waals surface area contributed by atoms with E-state index < -0.39 is 41.4 Å². The van der Waals surface area contributed by atoms with Gasteiger partial charge in [0.15, 0.2) is 0 Å². The van der Waals surface area contributed by atoms with Gasteiger partial charge in [-0.25, -0.2) is 0 Å².